The number of carbonyl (C=O) groups excluding carboxylic acids is 4. The number of fused-ring (bicyclic) bond motifs is 6. The van der Waals surface area contributed by atoms with Crippen molar-refractivity contribution in [2.75, 3.05) is 26.8 Å². The molecule has 38 heavy (non-hydrogen) atoms. The lowest BCUT2D eigenvalue weighted by molar-refractivity contribution is -0.133. The third kappa shape index (κ3) is 4.05. The molecule has 0 unspecified atom stereocenters. The Hall–Kier alpha value is -3.40. The number of aromatic nitrogens is 1. The molecule has 4 aliphatic rings. The van der Waals surface area contributed by atoms with E-state index in [4.69, 9.17) is 4.74 Å². The van der Waals surface area contributed by atoms with Gasteiger partial charge < -0.3 is 30.4 Å². The van der Waals surface area contributed by atoms with Crippen LogP contribution < -0.4 is 15.4 Å². The third-order valence-corrected chi connectivity index (χ3v) is 9.41. The first-order chi connectivity index (χ1) is 18.4. The fourth-order valence-corrected chi connectivity index (χ4v) is 7.66. The number of H-pyrrole nitrogens is 1. The second-order valence-electron chi connectivity index (χ2n) is 11.3. The van der Waals surface area contributed by atoms with Crippen LogP contribution in [-0.2, 0) is 14.4 Å². The van der Waals surface area contributed by atoms with E-state index in [0.717, 1.165) is 30.2 Å². The summed E-state index contributed by atoms with van der Waals surface area (Å²) in [7, 11) is 1.58. The lowest BCUT2D eigenvalue weighted by Crippen LogP contribution is -2.54. The van der Waals surface area contributed by atoms with Crippen molar-refractivity contribution < 1.29 is 29.0 Å². The van der Waals surface area contributed by atoms with Gasteiger partial charge in [-0.25, -0.2) is 0 Å². The number of Topliss-reactive ketones (excluding diaryl/α,β-unsaturated/α-hetero) is 1. The van der Waals surface area contributed by atoms with Gasteiger partial charge in [-0.05, 0) is 74.0 Å². The van der Waals surface area contributed by atoms with Gasteiger partial charge in [0.05, 0.1) is 13.2 Å². The van der Waals surface area contributed by atoms with Crippen molar-refractivity contribution >= 4 is 34.4 Å². The molecule has 7 atom stereocenters. The minimum atomic E-state index is -0.978. The summed E-state index contributed by atoms with van der Waals surface area (Å²) in [5.41, 5.74) is 1.16. The number of aromatic amines is 1. The zero-order valence-corrected chi connectivity index (χ0v) is 21.4. The average molecular weight is 523 g/mol. The van der Waals surface area contributed by atoms with Crippen molar-refractivity contribution in [1.29, 1.82) is 0 Å². The first-order valence-corrected chi connectivity index (χ1v) is 13.6. The fourth-order valence-electron chi connectivity index (χ4n) is 7.66. The van der Waals surface area contributed by atoms with Gasteiger partial charge in [0, 0.05) is 29.9 Å². The number of hydrogen-bond donors (Lipinski definition) is 4. The quantitative estimate of drug-likeness (QED) is 0.411. The van der Waals surface area contributed by atoms with E-state index < -0.39 is 30.4 Å². The molecule has 10 nitrogen and oxygen atoms in total. The van der Waals surface area contributed by atoms with Gasteiger partial charge >= 0.3 is 0 Å². The van der Waals surface area contributed by atoms with Gasteiger partial charge in [0.1, 0.15) is 24.1 Å². The van der Waals surface area contributed by atoms with Crippen LogP contribution in [0.1, 0.15) is 42.6 Å². The summed E-state index contributed by atoms with van der Waals surface area (Å²) in [6.07, 6.45) is 3.96. The van der Waals surface area contributed by atoms with Crippen molar-refractivity contribution in [3.63, 3.8) is 0 Å². The Morgan fingerprint density at radius 2 is 2.03 bits per heavy atom. The minimum Gasteiger partial charge on any atom is -0.496 e. The lowest BCUT2D eigenvalue weighted by atomic mass is 9.78. The molecule has 2 aliphatic carbocycles. The number of ether oxygens (including phenoxy) is 1. The predicted molar refractivity (Wildman–Crippen MR) is 137 cm³/mol. The number of benzene rings is 1. The standard InChI is InChI=1S/C28H34N4O6/c1-38-23-4-2-3-19-17(23)11-21(30-19)28(37)32-12-18-14-5-6-15(9-14)24(18)25(32)27(36)31-20(22(34)13-33)10-16-7-8-29-26(16)35/h2-4,11,14-16,18,20,24-25,30,33H,5-10,12-13H2,1H3,(H,29,35)(H,31,36)/t14-,15+,16+,18-,20+,24+,25+/m1/s1. The van der Waals surface area contributed by atoms with E-state index in [2.05, 4.69) is 15.6 Å². The summed E-state index contributed by atoms with van der Waals surface area (Å²) < 4.78 is 5.45. The highest BCUT2D eigenvalue weighted by atomic mass is 16.5. The number of hydrogen-bond acceptors (Lipinski definition) is 6. The molecular formula is C28H34N4O6. The molecular weight excluding hydrogens is 488 g/mol. The topological polar surface area (TPSA) is 141 Å². The Kier molecular flexibility index (Phi) is 6.37. The molecule has 2 bridgehead atoms. The van der Waals surface area contributed by atoms with E-state index in [1.807, 2.05) is 18.2 Å². The molecule has 2 saturated carbocycles. The number of likely N-dealkylation sites (tertiary alicyclic amines) is 1. The first kappa shape index (κ1) is 24.9. The van der Waals surface area contributed by atoms with Crippen molar-refractivity contribution in [2.45, 2.75) is 44.2 Å². The van der Waals surface area contributed by atoms with Crippen LogP contribution in [0, 0.1) is 29.6 Å². The Labute approximate surface area is 220 Å². The minimum absolute atomic E-state index is 0.0382. The monoisotopic (exact) mass is 522 g/mol. The fraction of sp³-hybridized carbons (Fsp3) is 0.571. The molecule has 202 valence electrons. The molecule has 2 aliphatic heterocycles. The third-order valence-electron chi connectivity index (χ3n) is 9.41. The molecule has 4 N–H and O–H groups in total. The van der Waals surface area contributed by atoms with Crippen LogP contribution in [0.2, 0.25) is 0 Å². The molecule has 1 aromatic heterocycles. The highest BCUT2D eigenvalue weighted by Gasteiger charge is 2.59. The summed E-state index contributed by atoms with van der Waals surface area (Å²) in [5.74, 6) is 0.118. The Bertz CT molecular complexity index is 1290. The molecule has 1 aromatic carbocycles. The van der Waals surface area contributed by atoms with E-state index in [-0.39, 0.29) is 36.0 Å². The van der Waals surface area contributed by atoms with Gasteiger partial charge in [0.25, 0.3) is 5.91 Å². The average Bonchev–Trinajstić information content (AvgIpc) is 3.74. The number of methoxy groups -OCH3 is 1. The maximum atomic E-state index is 13.9. The maximum Gasteiger partial charge on any atom is 0.271 e. The van der Waals surface area contributed by atoms with Crippen LogP contribution in [0.25, 0.3) is 10.9 Å². The zero-order chi connectivity index (χ0) is 26.6. The van der Waals surface area contributed by atoms with Gasteiger partial charge in [0.2, 0.25) is 11.8 Å². The van der Waals surface area contributed by atoms with Crippen LogP contribution in [0.5, 0.6) is 5.75 Å². The second kappa shape index (κ2) is 9.72. The van der Waals surface area contributed by atoms with Gasteiger partial charge in [-0.3, -0.25) is 19.2 Å². The second-order valence-corrected chi connectivity index (χ2v) is 11.3. The molecule has 0 radical (unpaired) electrons. The van der Waals surface area contributed by atoms with Crippen LogP contribution in [0.15, 0.2) is 24.3 Å². The van der Waals surface area contributed by atoms with Gasteiger partial charge in [0.15, 0.2) is 5.78 Å². The number of carbonyl (C=O) groups is 4. The van der Waals surface area contributed by atoms with Crippen molar-refractivity contribution in [3.05, 3.63) is 30.0 Å². The Balaban J connectivity index is 1.29. The van der Waals surface area contributed by atoms with Gasteiger partial charge in [-0.2, -0.15) is 0 Å². The Morgan fingerprint density at radius 3 is 2.76 bits per heavy atom. The summed E-state index contributed by atoms with van der Waals surface area (Å²) in [5, 5.41) is 16.0. The largest absolute Gasteiger partial charge is 0.496 e. The van der Waals surface area contributed by atoms with E-state index in [1.165, 1.54) is 0 Å². The van der Waals surface area contributed by atoms with Crippen molar-refractivity contribution in [1.82, 2.24) is 20.5 Å². The summed E-state index contributed by atoms with van der Waals surface area (Å²) >= 11 is 0. The summed E-state index contributed by atoms with van der Waals surface area (Å²) in [6, 6.07) is 5.65. The van der Waals surface area contributed by atoms with Crippen molar-refractivity contribution in [2.24, 2.45) is 29.6 Å². The van der Waals surface area contributed by atoms with Gasteiger partial charge in [-0.15, -0.1) is 0 Å². The lowest BCUT2D eigenvalue weighted by Gasteiger charge is -2.31. The number of aliphatic hydroxyl groups is 1. The molecule has 3 amide bonds. The van der Waals surface area contributed by atoms with E-state index in [0.29, 0.717) is 42.8 Å². The Morgan fingerprint density at radius 1 is 1.21 bits per heavy atom. The van der Waals surface area contributed by atoms with E-state index >= 15 is 0 Å². The molecule has 3 heterocycles. The molecule has 6 rings (SSSR count). The number of rotatable bonds is 8. The number of ketones is 1. The van der Waals surface area contributed by atoms with Crippen molar-refractivity contribution in [3.8, 4) is 5.75 Å². The van der Waals surface area contributed by atoms with Crippen LogP contribution in [-0.4, -0.2) is 77.4 Å². The highest BCUT2D eigenvalue weighted by molar-refractivity contribution is 6.02. The number of aliphatic hydroxyl groups excluding tert-OH is 1. The molecule has 2 aromatic rings. The van der Waals surface area contributed by atoms with Crippen LogP contribution in [0.4, 0.5) is 0 Å². The normalized spacial score (nSPS) is 30.4. The van der Waals surface area contributed by atoms with Crippen LogP contribution >= 0.6 is 0 Å². The number of nitrogens with one attached hydrogen (secondary N) is 3. The molecule has 0 spiro atoms. The zero-order valence-electron chi connectivity index (χ0n) is 21.4. The number of amides is 3. The summed E-state index contributed by atoms with van der Waals surface area (Å²) in [4.78, 5) is 57.4. The SMILES string of the molecule is COc1cccc2[nH]c(C(=O)N3C[C@@H]4[C@@H]5CC[C@@H](C5)[C@@H]4[C@H]3C(=O)N[C@@H](C[C@@H]3CCNC3=O)C(=O)CO)cc12. The molecule has 10 heteroatoms. The molecule has 2 saturated heterocycles. The molecule has 4 fully saturated rings. The summed E-state index contributed by atoms with van der Waals surface area (Å²) in [6.45, 7) is 0.309. The predicted octanol–water partition coefficient (Wildman–Crippen LogP) is 1.24. The maximum absolute atomic E-state index is 13.9. The smallest absolute Gasteiger partial charge is 0.271 e. The van der Waals surface area contributed by atoms with E-state index in [9.17, 15) is 24.3 Å². The van der Waals surface area contributed by atoms with Gasteiger partial charge in [-0.1, -0.05) is 6.07 Å². The number of nitrogens with zero attached hydrogens (tertiary/aromatic N) is 1. The van der Waals surface area contributed by atoms with Crippen LogP contribution in [0.3, 0.4) is 0 Å². The highest BCUT2D eigenvalue weighted by Crippen LogP contribution is 2.57. The first-order valence-electron chi connectivity index (χ1n) is 13.6. The van der Waals surface area contributed by atoms with E-state index in [1.54, 1.807) is 18.1 Å².